The highest BCUT2D eigenvalue weighted by molar-refractivity contribution is 7.26. The first-order chi connectivity index (χ1) is 28.7. The number of hydrogen-bond acceptors (Lipinski definition) is 4. The van der Waals surface area contributed by atoms with Crippen LogP contribution in [-0.4, -0.2) is 0 Å². The maximum absolute atomic E-state index is 6.32. The Bertz CT molecular complexity index is 3650. The summed E-state index contributed by atoms with van der Waals surface area (Å²) in [6, 6.07) is 59.5. The average Bonchev–Trinajstić information content (AvgIpc) is 4.04. The maximum Gasteiger partial charge on any atom is 0.135 e. The van der Waals surface area contributed by atoms with E-state index in [1.54, 1.807) is 0 Å². The summed E-state index contributed by atoms with van der Waals surface area (Å²) >= 11 is 3.82. The molecule has 13 rings (SSSR count). The van der Waals surface area contributed by atoms with E-state index in [1.807, 2.05) is 22.7 Å². The molecule has 1 aliphatic rings. The Kier molecular flexibility index (Phi) is 6.91. The molecule has 0 spiro atoms. The van der Waals surface area contributed by atoms with Crippen LogP contribution in [0.5, 0.6) is 0 Å². The SMILES string of the molecule is C1=CC(c2ccc3oc4ccc(-c5ccccc5)cc4c3c2)Cc2c1sc1cc3sc4ccc(-c5ccc6oc7ccc(-c8ccccc8)cc7c6c5)cc4c3cc21. The number of allylic oxidation sites excluding steroid dienone is 1. The second-order valence-corrected chi connectivity index (χ2v) is 17.8. The van der Waals surface area contributed by atoms with Crippen molar-refractivity contribution in [1.82, 2.24) is 0 Å². The summed E-state index contributed by atoms with van der Waals surface area (Å²) in [6.07, 6.45) is 5.75. The third-order valence-electron chi connectivity index (χ3n) is 12.3. The molecular weight excluding hydrogens is 745 g/mol. The van der Waals surface area contributed by atoms with Crippen LogP contribution in [0.1, 0.15) is 21.9 Å². The smallest absolute Gasteiger partial charge is 0.135 e. The first-order valence-corrected chi connectivity index (χ1v) is 21.4. The van der Waals surface area contributed by atoms with Gasteiger partial charge in [-0.3, -0.25) is 0 Å². The normalized spacial score (nSPS) is 14.2. The Morgan fingerprint density at radius 2 is 0.879 bits per heavy atom. The van der Waals surface area contributed by atoms with Crippen molar-refractivity contribution in [3.8, 4) is 33.4 Å². The number of fused-ring (bicyclic) bond motifs is 12. The molecule has 0 bridgehead atoms. The lowest BCUT2D eigenvalue weighted by Gasteiger charge is -2.18. The molecule has 4 aromatic heterocycles. The van der Waals surface area contributed by atoms with Crippen LogP contribution in [0.4, 0.5) is 0 Å². The van der Waals surface area contributed by atoms with Gasteiger partial charge in [0.1, 0.15) is 22.3 Å². The van der Waals surface area contributed by atoms with Gasteiger partial charge in [-0.25, -0.2) is 0 Å². The molecule has 4 heteroatoms. The van der Waals surface area contributed by atoms with Crippen molar-refractivity contribution in [2.24, 2.45) is 0 Å². The third kappa shape index (κ3) is 5.02. The Morgan fingerprint density at radius 3 is 1.50 bits per heavy atom. The fourth-order valence-electron chi connectivity index (χ4n) is 9.29. The minimum absolute atomic E-state index is 0.288. The van der Waals surface area contributed by atoms with Crippen molar-refractivity contribution in [3.05, 3.63) is 186 Å². The molecule has 4 heterocycles. The zero-order chi connectivity index (χ0) is 37.9. The summed E-state index contributed by atoms with van der Waals surface area (Å²) in [5, 5.41) is 8.68. The van der Waals surface area contributed by atoms with Crippen molar-refractivity contribution >= 4 is 103 Å². The largest absolute Gasteiger partial charge is 0.456 e. The van der Waals surface area contributed by atoms with Crippen molar-refractivity contribution < 1.29 is 8.83 Å². The number of benzene rings is 8. The number of hydrogen-bond donors (Lipinski definition) is 0. The molecule has 1 aliphatic carbocycles. The van der Waals surface area contributed by atoms with Gasteiger partial charge in [-0.15, -0.1) is 22.7 Å². The topological polar surface area (TPSA) is 26.3 Å². The van der Waals surface area contributed by atoms with E-state index in [0.717, 1.165) is 39.5 Å². The van der Waals surface area contributed by atoms with Gasteiger partial charge in [0.25, 0.3) is 0 Å². The molecule has 2 nitrogen and oxygen atoms in total. The molecule has 0 aliphatic heterocycles. The monoisotopic (exact) mass is 776 g/mol. The highest BCUT2D eigenvalue weighted by atomic mass is 32.1. The van der Waals surface area contributed by atoms with E-state index in [-0.39, 0.29) is 5.92 Å². The summed E-state index contributed by atoms with van der Waals surface area (Å²) in [6.45, 7) is 0. The van der Waals surface area contributed by atoms with Gasteiger partial charge in [-0.1, -0.05) is 97.1 Å². The summed E-state index contributed by atoms with van der Waals surface area (Å²) in [7, 11) is 0. The Hall–Kier alpha value is -6.72. The predicted molar refractivity (Wildman–Crippen MR) is 247 cm³/mol. The molecule has 0 radical (unpaired) electrons. The Balaban J connectivity index is 0.872. The van der Waals surface area contributed by atoms with Crippen molar-refractivity contribution in [3.63, 3.8) is 0 Å². The van der Waals surface area contributed by atoms with Gasteiger partial charge in [-0.2, -0.15) is 0 Å². The van der Waals surface area contributed by atoms with Crippen LogP contribution in [0.3, 0.4) is 0 Å². The standard InChI is InChI=1S/C54H32O2S2/c1-3-7-31(8-4-1)33-11-17-47-39(23-33)41-25-35(13-19-49(41)55-47)37-15-21-51-43(27-37)45-29-46-44-28-38(16-22-52(44)58-54(46)30-53(45)57-51)36-14-20-50-42(26-36)40-24-34(12-18-48(40)56-50)32-9-5-2-6-10-32/h1-27,29-30,38H,28H2. The lowest BCUT2D eigenvalue weighted by atomic mass is 9.86. The van der Waals surface area contributed by atoms with Gasteiger partial charge in [0.2, 0.25) is 0 Å². The fourth-order valence-corrected chi connectivity index (χ4v) is 11.6. The van der Waals surface area contributed by atoms with E-state index in [1.165, 1.54) is 90.4 Å². The van der Waals surface area contributed by atoms with Crippen LogP contribution in [0.25, 0.3) is 114 Å². The Labute approximate surface area is 341 Å². The molecule has 1 unspecified atom stereocenters. The highest BCUT2D eigenvalue weighted by Crippen LogP contribution is 2.46. The molecule has 0 fully saturated rings. The summed E-state index contributed by atoms with van der Waals surface area (Å²) in [5.74, 6) is 0.288. The van der Waals surface area contributed by atoms with Gasteiger partial charge in [0.05, 0.1) is 0 Å². The third-order valence-corrected chi connectivity index (χ3v) is 14.5. The van der Waals surface area contributed by atoms with Crippen molar-refractivity contribution in [2.45, 2.75) is 12.3 Å². The van der Waals surface area contributed by atoms with E-state index in [9.17, 15) is 0 Å². The van der Waals surface area contributed by atoms with Crippen molar-refractivity contribution in [2.75, 3.05) is 0 Å². The zero-order valence-corrected chi connectivity index (χ0v) is 32.8. The lowest BCUT2D eigenvalue weighted by molar-refractivity contribution is 0.668. The summed E-state index contributed by atoms with van der Waals surface area (Å²) < 4.78 is 16.7. The molecule has 272 valence electrons. The number of furan rings is 2. The molecule has 12 aromatic rings. The minimum Gasteiger partial charge on any atom is -0.456 e. The quantitative estimate of drug-likeness (QED) is 0.178. The van der Waals surface area contributed by atoms with E-state index in [0.29, 0.717) is 0 Å². The maximum atomic E-state index is 6.32. The second-order valence-electron chi connectivity index (χ2n) is 15.6. The van der Waals surface area contributed by atoms with E-state index >= 15 is 0 Å². The first-order valence-electron chi connectivity index (χ1n) is 19.8. The highest BCUT2D eigenvalue weighted by Gasteiger charge is 2.23. The molecule has 0 saturated carbocycles. The van der Waals surface area contributed by atoms with Gasteiger partial charge in [0, 0.05) is 57.2 Å². The van der Waals surface area contributed by atoms with Crippen LogP contribution in [0.15, 0.2) is 179 Å². The van der Waals surface area contributed by atoms with E-state index < -0.39 is 0 Å². The molecule has 1 atom stereocenters. The molecule has 58 heavy (non-hydrogen) atoms. The molecular formula is C54H32O2S2. The van der Waals surface area contributed by atoms with Gasteiger partial charge < -0.3 is 8.83 Å². The molecule has 0 saturated heterocycles. The molecule has 0 N–H and O–H groups in total. The molecule has 0 amide bonds. The van der Waals surface area contributed by atoms with Crippen LogP contribution in [-0.2, 0) is 6.42 Å². The number of thiophene rings is 2. The van der Waals surface area contributed by atoms with Gasteiger partial charge >= 0.3 is 0 Å². The van der Waals surface area contributed by atoms with Crippen LogP contribution >= 0.6 is 22.7 Å². The molecule has 8 aromatic carbocycles. The lowest BCUT2D eigenvalue weighted by Crippen LogP contribution is -2.04. The Morgan fingerprint density at radius 1 is 0.379 bits per heavy atom. The first kappa shape index (κ1) is 32.4. The summed E-state index contributed by atoms with van der Waals surface area (Å²) in [5.41, 5.74) is 13.7. The average molecular weight is 777 g/mol. The van der Waals surface area contributed by atoms with Crippen LogP contribution in [0.2, 0.25) is 0 Å². The summed E-state index contributed by atoms with van der Waals surface area (Å²) in [4.78, 5) is 1.38. The van der Waals surface area contributed by atoms with Crippen LogP contribution < -0.4 is 0 Å². The number of rotatable bonds is 4. The fraction of sp³-hybridized carbons (Fsp3) is 0.0370. The van der Waals surface area contributed by atoms with Crippen LogP contribution in [0, 0.1) is 0 Å². The van der Waals surface area contributed by atoms with Crippen molar-refractivity contribution in [1.29, 1.82) is 0 Å². The minimum atomic E-state index is 0.288. The van der Waals surface area contributed by atoms with E-state index in [4.69, 9.17) is 8.83 Å². The van der Waals surface area contributed by atoms with Gasteiger partial charge in [-0.05, 0) is 135 Å². The van der Waals surface area contributed by atoms with E-state index in [2.05, 4.69) is 176 Å². The second kappa shape index (κ2) is 12.4. The predicted octanol–water partition coefficient (Wildman–Crippen LogP) is 16.4. The van der Waals surface area contributed by atoms with Gasteiger partial charge in [0.15, 0.2) is 0 Å². The zero-order valence-electron chi connectivity index (χ0n) is 31.2.